The average molecular weight is 235 g/mol. The lowest BCUT2D eigenvalue weighted by Gasteiger charge is -2.34. The normalized spacial score (nSPS) is 12.0. The van der Waals surface area contributed by atoms with E-state index in [1.54, 1.807) is 0 Å². The Morgan fingerprint density at radius 1 is 0.800 bits per heavy atom. The first kappa shape index (κ1) is 15.2. The van der Waals surface area contributed by atoms with E-state index in [2.05, 4.69) is 20.9 Å². The maximum absolute atomic E-state index is 5.90. The van der Waals surface area contributed by atoms with Crippen molar-refractivity contribution in [3.8, 4) is 0 Å². The van der Waals surface area contributed by atoms with Crippen molar-refractivity contribution in [2.75, 3.05) is 32.6 Å². The Balaban J connectivity index is 3.83. The molecule has 92 valence electrons. The summed E-state index contributed by atoms with van der Waals surface area (Å²) in [4.78, 5) is 0. The summed E-state index contributed by atoms with van der Waals surface area (Å²) in [5, 5.41) is 0. The van der Waals surface area contributed by atoms with Crippen LogP contribution in [0.1, 0.15) is 52.4 Å². The fraction of sp³-hybridized carbons (Fsp3) is 1.00. The molecule has 0 saturated carbocycles. The van der Waals surface area contributed by atoms with Crippen LogP contribution in [0.25, 0.3) is 0 Å². The monoisotopic (exact) mass is 234 g/mol. The summed E-state index contributed by atoms with van der Waals surface area (Å²) < 4.78 is 1.18. The second-order valence-electron chi connectivity index (χ2n) is 4.89. The van der Waals surface area contributed by atoms with Gasteiger partial charge in [-0.15, -0.1) is 11.6 Å². The number of rotatable bonds is 10. The third-order valence-electron chi connectivity index (χ3n) is 3.23. The van der Waals surface area contributed by atoms with Gasteiger partial charge in [-0.25, -0.2) is 0 Å². The Hall–Kier alpha value is 0.250. The fourth-order valence-corrected chi connectivity index (χ4v) is 2.43. The molecule has 1 nitrogen and oxygen atoms in total. The molecule has 0 heterocycles. The molecule has 15 heavy (non-hydrogen) atoms. The molecule has 0 amide bonds. The summed E-state index contributed by atoms with van der Waals surface area (Å²) in [5.74, 6) is 0.800. The van der Waals surface area contributed by atoms with Crippen molar-refractivity contribution in [3.63, 3.8) is 0 Å². The van der Waals surface area contributed by atoms with Gasteiger partial charge in [0.2, 0.25) is 0 Å². The Kier molecular flexibility index (Phi) is 9.63. The summed E-state index contributed by atoms with van der Waals surface area (Å²) in [7, 11) is 2.37. The highest BCUT2D eigenvalue weighted by Gasteiger charge is 2.19. The summed E-state index contributed by atoms with van der Waals surface area (Å²) in [6.45, 7) is 8.29. The van der Waals surface area contributed by atoms with E-state index in [1.165, 1.54) is 56.1 Å². The van der Waals surface area contributed by atoms with E-state index in [-0.39, 0.29) is 0 Å². The second-order valence-corrected chi connectivity index (χ2v) is 5.27. The molecule has 0 rings (SSSR count). The molecule has 0 aliphatic carbocycles. The van der Waals surface area contributed by atoms with Crippen LogP contribution < -0.4 is 0 Å². The summed E-state index contributed by atoms with van der Waals surface area (Å²) >= 11 is 5.90. The molecule has 0 N–H and O–H groups in total. The van der Waals surface area contributed by atoms with Gasteiger partial charge in [-0.2, -0.15) is 0 Å². The maximum Gasteiger partial charge on any atom is 0.0922 e. The van der Waals surface area contributed by atoms with Crippen LogP contribution in [0.2, 0.25) is 0 Å². The lowest BCUT2D eigenvalue weighted by Crippen LogP contribution is -2.46. The lowest BCUT2D eigenvalue weighted by atomic mass is 10.2. The van der Waals surface area contributed by atoms with E-state index in [4.69, 9.17) is 11.6 Å². The highest BCUT2D eigenvalue weighted by molar-refractivity contribution is 6.17. The number of alkyl halides is 1. The number of hydrogen-bond donors (Lipinski definition) is 0. The molecule has 0 aromatic heterocycles. The molecule has 0 saturated heterocycles. The van der Waals surface area contributed by atoms with Crippen molar-refractivity contribution in [2.24, 2.45) is 0 Å². The van der Waals surface area contributed by atoms with E-state index in [0.717, 1.165) is 12.4 Å². The number of unbranched alkanes of at least 4 members (excludes halogenated alkanes) is 4. The van der Waals surface area contributed by atoms with E-state index in [1.807, 2.05) is 0 Å². The van der Waals surface area contributed by atoms with Crippen molar-refractivity contribution in [3.05, 3.63) is 0 Å². The first-order valence-corrected chi connectivity index (χ1v) is 7.11. The summed E-state index contributed by atoms with van der Waals surface area (Å²) in [5.41, 5.74) is 0. The smallest absolute Gasteiger partial charge is 0.0922 e. The SMILES string of the molecule is CCCCC[N+](C)(CCCl)CCCCC. The third kappa shape index (κ3) is 8.10. The van der Waals surface area contributed by atoms with Crippen molar-refractivity contribution in [1.29, 1.82) is 0 Å². The van der Waals surface area contributed by atoms with Gasteiger partial charge in [-0.1, -0.05) is 26.7 Å². The van der Waals surface area contributed by atoms with Gasteiger partial charge in [0.05, 0.1) is 32.6 Å². The van der Waals surface area contributed by atoms with Crippen LogP contribution in [0.15, 0.2) is 0 Å². The topological polar surface area (TPSA) is 0 Å². The zero-order valence-corrected chi connectivity index (χ0v) is 11.7. The number of quaternary nitrogens is 1. The Bertz CT molecular complexity index is 126. The Morgan fingerprint density at radius 3 is 1.60 bits per heavy atom. The zero-order chi connectivity index (χ0) is 11.6. The molecule has 0 radical (unpaired) electrons. The predicted octanol–water partition coefficient (Wildman–Crippen LogP) is 4.05. The Labute approximate surface area is 101 Å². The molecule has 0 fully saturated rings. The largest absolute Gasteiger partial charge is 0.325 e. The first-order chi connectivity index (χ1) is 7.18. The van der Waals surface area contributed by atoms with Crippen LogP contribution >= 0.6 is 11.6 Å². The summed E-state index contributed by atoms with van der Waals surface area (Å²) in [6.07, 6.45) is 8.07. The van der Waals surface area contributed by atoms with Crippen molar-refractivity contribution < 1.29 is 4.48 Å². The molecule has 0 aromatic rings. The van der Waals surface area contributed by atoms with Gasteiger partial charge in [-0.3, -0.25) is 0 Å². The van der Waals surface area contributed by atoms with Crippen molar-refractivity contribution >= 4 is 11.6 Å². The van der Waals surface area contributed by atoms with Gasteiger partial charge in [0.15, 0.2) is 0 Å². The zero-order valence-electron chi connectivity index (χ0n) is 10.9. The van der Waals surface area contributed by atoms with Crippen molar-refractivity contribution in [2.45, 2.75) is 52.4 Å². The lowest BCUT2D eigenvalue weighted by molar-refractivity contribution is -0.907. The van der Waals surface area contributed by atoms with Gasteiger partial charge in [-0.05, 0) is 25.7 Å². The van der Waals surface area contributed by atoms with Gasteiger partial charge in [0, 0.05) is 0 Å². The van der Waals surface area contributed by atoms with Gasteiger partial charge in [0.25, 0.3) is 0 Å². The molecule has 0 aliphatic heterocycles. The standard InChI is InChI=1S/C13H29ClN/c1-4-6-8-11-15(3,13-10-14)12-9-7-5-2/h4-13H2,1-3H3/q+1. The van der Waals surface area contributed by atoms with E-state index in [9.17, 15) is 0 Å². The quantitative estimate of drug-likeness (QED) is 0.304. The van der Waals surface area contributed by atoms with Crippen LogP contribution in [-0.2, 0) is 0 Å². The molecule has 0 aromatic carbocycles. The minimum atomic E-state index is 0.800. The summed E-state index contributed by atoms with van der Waals surface area (Å²) in [6, 6.07) is 0. The van der Waals surface area contributed by atoms with Crippen LogP contribution in [0.4, 0.5) is 0 Å². The van der Waals surface area contributed by atoms with E-state index < -0.39 is 0 Å². The van der Waals surface area contributed by atoms with Crippen LogP contribution in [-0.4, -0.2) is 37.0 Å². The molecular formula is C13H29ClN+. The van der Waals surface area contributed by atoms with Gasteiger partial charge >= 0.3 is 0 Å². The Morgan fingerprint density at radius 2 is 1.27 bits per heavy atom. The molecule has 0 bridgehead atoms. The van der Waals surface area contributed by atoms with Crippen molar-refractivity contribution in [1.82, 2.24) is 0 Å². The maximum atomic E-state index is 5.90. The van der Waals surface area contributed by atoms with Gasteiger partial charge in [0.1, 0.15) is 0 Å². The molecule has 0 atom stereocenters. The fourth-order valence-electron chi connectivity index (χ4n) is 2.03. The van der Waals surface area contributed by atoms with E-state index >= 15 is 0 Å². The molecule has 0 aliphatic rings. The molecule has 0 unspecified atom stereocenters. The van der Waals surface area contributed by atoms with Crippen LogP contribution in [0.3, 0.4) is 0 Å². The number of hydrogen-bond acceptors (Lipinski definition) is 0. The minimum absolute atomic E-state index is 0.800. The molecular weight excluding hydrogens is 206 g/mol. The van der Waals surface area contributed by atoms with Crippen LogP contribution in [0, 0.1) is 0 Å². The number of nitrogens with zero attached hydrogens (tertiary/aromatic N) is 1. The average Bonchev–Trinajstić information content (AvgIpc) is 2.19. The highest BCUT2D eigenvalue weighted by atomic mass is 35.5. The minimum Gasteiger partial charge on any atom is -0.325 e. The molecule has 2 heteroatoms. The predicted molar refractivity (Wildman–Crippen MR) is 70.6 cm³/mol. The van der Waals surface area contributed by atoms with Crippen LogP contribution in [0.5, 0.6) is 0 Å². The molecule has 0 spiro atoms. The number of halogens is 1. The highest BCUT2D eigenvalue weighted by Crippen LogP contribution is 2.10. The van der Waals surface area contributed by atoms with E-state index in [0.29, 0.717) is 0 Å². The first-order valence-electron chi connectivity index (χ1n) is 6.58. The third-order valence-corrected chi connectivity index (χ3v) is 3.40. The second kappa shape index (κ2) is 9.47. The van der Waals surface area contributed by atoms with Gasteiger partial charge < -0.3 is 4.48 Å².